The number of aliphatic hydroxyl groups excluding tert-OH is 5. The Morgan fingerprint density at radius 1 is 0.476 bits per heavy atom. The van der Waals surface area contributed by atoms with Crippen LogP contribution in [0.2, 0.25) is 0 Å². The Hall–Kier alpha value is -2.64. The van der Waals surface area contributed by atoms with Gasteiger partial charge in [0.2, 0.25) is 5.91 Å². The number of carbonyl (C=O) groups is 2. The van der Waals surface area contributed by atoms with Crippen molar-refractivity contribution in [2.24, 2.45) is 0 Å². The zero-order valence-corrected chi connectivity index (χ0v) is 53.1. The summed E-state index contributed by atoms with van der Waals surface area (Å²) in [5, 5.41) is 57.2. The molecule has 1 heterocycles. The molecule has 1 fully saturated rings. The molecule has 8 atom stereocenters. The van der Waals surface area contributed by atoms with Crippen LogP contribution in [0.3, 0.4) is 0 Å². The molecule has 478 valence electrons. The van der Waals surface area contributed by atoms with E-state index in [4.69, 9.17) is 14.2 Å². The van der Waals surface area contributed by atoms with Gasteiger partial charge in [-0.3, -0.25) is 9.59 Å². The van der Waals surface area contributed by atoms with E-state index in [1.54, 1.807) is 6.08 Å². The molecule has 0 aromatic heterocycles. The van der Waals surface area contributed by atoms with Gasteiger partial charge in [0.1, 0.15) is 24.4 Å². The number of unbranched alkanes of at least 4 members (excludes halogenated alkanes) is 37. The first kappa shape index (κ1) is 77.4. The molecule has 82 heavy (non-hydrogen) atoms. The topological polar surface area (TPSA) is 175 Å². The molecule has 0 spiro atoms. The van der Waals surface area contributed by atoms with Gasteiger partial charge in [-0.15, -0.1) is 0 Å². The fraction of sp³-hybridized carbons (Fsp3) is 0.831. The Balaban J connectivity index is 2.60. The quantitative estimate of drug-likeness (QED) is 0.0195. The highest BCUT2D eigenvalue weighted by atomic mass is 16.7. The number of ether oxygens (including phenoxy) is 3. The first-order chi connectivity index (χ1) is 40.2. The third-order valence-electron chi connectivity index (χ3n) is 16.1. The molecular formula is C71H129NO10. The molecule has 6 N–H and O–H groups in total. The summed E-state index contributed by atoms with van der Waals surface area (Å²) >= 11 is 0. The number of carbonyl (C=O) groups excluding carboxylic acids is 2. The minimum atomic E-state index is -1.62. The van der Waals surface area contributed by atoms with Crippen molar-refractivity contribution >= 4 is 11.9 Å². The molecule has 0 aromatic rings. The van der Waals surface area contributed by atoms with E-state index in [2.05, 4.69) is 74.7 Å². The summed E-state index contributed by atoms with van der Waals surface area (Å²) < 4.78 is 17.7. The van der Waals surface area contributed by atoms with E-state index in [1.165, 1.54) is 193 Å². The van der Waals surface area contributed by atoms with Crippen molar-refractivity contribution in [2.45, 2.75) is 365 Å². The SMILES string of the molecule is CCCCC/C=C\C/C=C\CCCCCCCCCCCCCC(=O)OC1C(OCC(NC(=O)C(O)CCCCCCCCCCCC/C=C\C/C=C\CCCCC)C(O)/C=C/CCCCCCCCCCCC)OC(CO)C(O)C1O. The van der Waals surface area contributed by atoms with Crippen molar-refractivity contribution in [2.75, 3.05) is 13.2 Å². The second-order valence-electron chi connectivity index (χ2n) is 23.9. The van der Waals surface area contributed by atoms with Crippen LogP contribution in [0, 0.1) is 0 Å². The first-order valence-electron chi connectivity index (χ1n) is 34.6. The van der Waals surface area contributed by atoms with Crippen molar-refractivity contribution in [1.82, 2.24) is 5.32 Å². The Labute approximate surface area is 503 Å². The van der Waals surface area contributed by atoms with Gasteiger partial charge in [0.25, 0.3) is 0 Å². The molecule has 0 bridgehead atoms. The molecule has 1 amide bonds. The minimum Gasteiger partial charge on any atom is -0.454 e. The molecule has 1 aliphatic heterocycles. The summed E-state index contributed by atoms with van der Waals surface area (Å²) in [6.07, 6.45) is 63.9. The summed E-state index contributed by atoms with van der Waals surface area (Å²) in [4.78, 5) is 26.6. The molecule has 0 radical (unpaired) electrons. The summed E-state index contributed by atoms with van der Waals surface area (Å²) in [5.41, 5.74) is 0. The summed E-state index contributed by atoms with van der Waals surface area (Å²) in [6, 6.07) is -1.03. The number of allylic oxidation sites excluding steroid dienone is 9. The normalized spacial score (nSPS) is 19.0. The standard InChI is InChI=1S/C71H129NO10/c1-4-7-10-13-16-19-22-25-27-29-31-33-35-37-39-41-44-47-50-53-56-59-66(76)82-69-68(78)67(77)65(60-73)81-71(69)80-61-62(63(74)57-54-51-48-45-42-24-21-18-15-12-9-6-3)72-70(79)64(75)58-55-52-49-46-43-40-38-36-34-32-30-28-26-23-20-17-14-11-8-5-2/h16-17,19-20,25-28,54,57,62-65,67-69,71,73-75,77-78H,4-15,18,21-24,29-53,55-56,58-61H2,1-3H3,(H,72,79)/b19-16-,20-17-,27-25-,28-26-,57-54+. The van der Waals surface area contributed by atoms with Gasteiger partial charge in [-0.05, 0) is 89.9 Å². The highest BCUT2D eigenvalue weighted by Gasteiger charge is 2.47. The van der Waals surface area contributed by atoms with Gasteiger partial charge >= 0.3 is 5.97 Å². The van der Waals surface area contributed by atoms with Gasteiger partial charge < -0.3 is 45.1 Å². The van der Waals surface area contributed by atoms with Crippen LogP contribution in [-0.2, 0) is 23.8 Å². The van der Waals surface area contributed by atoms with E-state index in [-0.39, 0.29) is 19.4 Å². The molecular weight excluding hydrogens is 1030 g/mol. The number of aliphatic hydroxyl groups is 5. The number of amides is 1. The van der Waals surface area contributed by atoms with E-state index >= 15 is 0 Å². The van der Waals surface area contributed by atoms with E-state index in [9.17, 15) is 35.1 Å². The summed E-state index contributed by atoms with van der Waals surface area (Å²) in [7, 11) is 0. The maximum atomic E-state index is 13.5. The van der Waals surface area contributed by atoms with E-state index in [0.29, 0.717) is 12.8 Å². The summed E-state index contributed by atoms with van der Waals surface area (Å²) in [5.74, 6) is -1.19. The smallest absolute Gasteiger partial charge is 0.306 e. The van der Waals surface area contributed by atoms with Crippen LogP contribution in [0.15, 0.2) is 60.8 Å². The molecule has 8 unspecified atom stereocenters. The fourth-order valence-electron chi connectivity index (χ4n) is 10.7. The molecule has 0 aromatic carbocycles. The zero-order chi connectivity index (χ0) is 59.6. The lowest BCUT2D eigenvalue weighted by Crippen LogP contribution is -2.61. The van der Waals surface area contributed by atoms with Crippen LogP contribution in [0.5, 0.6) is 0 Å². The highest BCUT2D eigenvalue weighted by Crippen LogP contribution is 2.26. The molecule has 0 aliphatic carbocycles. The maximum Gasteiger partial charge on any atom is 0.306 e. The number of rotatable bonds is 59. The summed E-state index contributed by atoms with van der Waals surface area (Å²) in [6.45, 7) is 5.77. The van der Waals surface area contributed by atoms with E-state index in [1.807, 2.05) is 6.08 Å². The third-order valence-corrected chi connectivity index (χ3v) is 16.1. The van der Waals surface area contributed by atoms with Crippen LogP contribution in [-0.4, -0.2) is 99.6 Å². The number of nitrogens with one attached hydrogen (secondary N) is 1. The highest BCUT2D eigenvalue weighted by molar-refractivity contribution is 5.80. The number of esters is 1. The predicted octanol–water partition coefficient (Wildman–Crippen LogP) is 17.3. The van der Waals surface area contributed by atoms with Crippen LogP contribution >= 0.6 is 0 Å². The lowest BCUT2D eigenvalue weighted by molar-refractivity contribution is -0.305. The number of hydrogen-bond donors (Lipinski definition) is 6. The van der Waals surface area contributed by atoms with Crippen molar-refractivity contribution in [3.8, 4) is 0 Å². The third kappa shape index (κ3) is 45.7. The molecule has 11 heteroatoms. The Bertz CT molecular complexity index is 1560. The van der Waals surface area contributed by atoms with Gasteiger partial charge in [0.15, 0.2) is 12.4 Å². The van der Waals surface area contributed by atoms with Crippen LogP contribution in [0.1, 0.15) is 316 Å². The van der Waals surface area contributed by atoms with Crippen LogP contribution in [0.25, 0.3) is 0 Å². The van der Waals surface area contributed by atoms with Gasteiger partial charge in [0, 0.05) is 6.42 Å². The predicted molar refractivity (Wildman–Crippen MR) is 343 cm³/mol. The molecule has 11 nitrogen and oxygen atoms in total. The van der Waals surface area contributed by atoms with Gasteiger partial charge in [-0.2, -0.15) is 0 Å². The second-order valence-corrected chi connectivity index (χ2v) is 23.9. The van der Waals surface area contributed by atoms with Crippen LogP contribution in [0.4, 0.5) is 0 Å². The van der Waals surface area contributed by atoms with E-state index in [0.717, 1.165) is 77.0 Å². The maximum absolute atomic E-state index is 13.5. The Morgan fingerprint density at radius 3 is 1.27 bits per heavy atom. The average molecular weight is 1160 g/mol. The molecule has 1 aliphatic rings. The van der Waals surface area contributed by atoms with Crippen molar-refractivity contribution < 1.29 is 49.3 Å². The monoisotopic (exact) mass is 1160 g/mol. The first-order valence-corrected chi connectivity index (χ1v) is 34.6. The molecule has 0 saturated carbocycles. The van der Waals surface area contributed by atoms with Crippen LogP contribution < -0.4 is 5.32 Å². The van der Waals surface area contributed by atoms with Crippen molar-refractivity contribution in [3.63, 3.8) is 0 Å². The van der Waals surface area contributed by atoms with Crippen molar-refractivity contribution in [1.29, 1.82) is 0 Å². The number of hydrogen-bond acceptors (Lipinski definition) is 10. The molecule has 1 saturated heterocycles. The van der Waals surface area contributed by atoms with E-state index < -0.39 is 67.4 Å². The molecule has 1 rings (SSSR count). The Kier molecular flexibility index (Phi) is 55.4. The second kappa shape index (κ2) is 58.7. The lowest BCUT2D eigenvalue weighted by atomic mass is 9.99. The Morgan fingerprint density at radius 2 is 0.841 bits per heavy atom. The lowest BCUT2D eigenvalue weighted by Gasteiger charge is -2.41. The van der Waals surface area contributed by atoms with Gasteiger partial charge in [-0.25, -0.2) is 0 Å². The largest absolute Gasteiger partial charge is 0.454 e. The average Bonchev–Trinajstić information content (AvgIpc) is 3.44. The van der Waals surface area contributed by atoms with Gasteiger partial charge in [0.05, 0.1) is 25.4 Å². The van der Waals surface area contributed by atoms with Crippen molar-refractivity contribution in [3.05, 3.63) is 60.8 Å². The van der Waals surface area contributed by atoms with Gasteiger partial charge in [-0.1, -0.05) is 281 Å². The minimum absolute atomic E-state index is 0.121. The fourth-order valence-corrected chi connectivity index (χ4v) is 10.7. The zero-order valence-electron chi connectivity index (χ0n) is 53.1.